The number of fused-ring (bicyclic) bond motifs is 1. The molecule has 128 valence electrons. The summed E-state index contributed by atoms with van der Waals surface area (Å²) in [6.07, 6.45) is 6.46. The molecule has 0 spiro atoms. The Bertz CT molecular complexity index is 1060. The number of aromatic amines is 1. The minimum Gasteiger partial charge on any atom is -0.277 e. The molecule has 0 radical (unpaired) electrons. The Hall–Kier alpha value is -2.62. The predicted molar refractivity (Wildman–Crippen MR) is 109 cm³/mol. The van der Waals surface area contributed by atoms with Gasteiger partial charge in [0, 0.05) is 21.6 Å². The molecule has 0 saturated carbocycles. The van der Waals surface area contributed by atoms with Crippen molar-refractivity contribution in [3.05, 3.63) is 93.4 Å². The van der Waals surface area contributed by atoms with Gasteiger partial charge in [0.05, 0.1) is 16.9 Å². The Morgan fingerprint density at radius 3 is 2.50 bits per heavy atom. The molecule has 1 N–H and O–H groups in total. The van der Waals surface area contributed by atoms with Crippen molar-refractivity contribution in [1.82, 2.24) is 15.2 Å². The lowest BCUT2D eigenvalue weighted by molar-refractivity contribution is 1.11. The van der Waals surface area contributed by atoms with Crippen molar-refractivity contribution in [3.8, 4) is 0 Å². The smallest absolute Gasteiger partial charge is 0.0928 e. The van der Waals surface area contributed by atoms with Crippen LogP contribution < -0.4 is 0 Å². The largest absolute Gasteiger partial charge is 0.277 e. The first kappa shape index (κ1) is 16.8. The van der Waals surface area contributed by atoms with Crippen LogP contribution in [0.15, 0.2) is 60.8 Å². The number of aromatic nitrogens is 3. The monoisotopic (exact) mass is 379 g/mol. The van der Waals surface area contributed by atoms with Crippen LogP contribution in [0.3, 0.4) is 0 Å². The molecular weight excluding hydrogens is 365 g/mol. The molecule has 2 aromatic heterocycles. The van der Waals surface area contributed by atoms with Crippen LogP contribution in [0.2, 0.25) is 10.0 Å². The van der Waals surface area contributed by atoms with Crippen LogP contribution in [0, 0.1) is 0 Å². The zero-order chi connectivity index (χ0) is 17.9. The molecule has 0 aliphatic rings. The second kappa shape index (κ2) is 7.32. The maximum Gasteiger partial charge on any atom is 0.0928 e. The van der Waals surface area contributed by atoms with Crippen molar-refractivity contribution >= 4 is 46.3 Å². The van der Waals surface area contributed by atoms with Gasteiger partial charge in [-0.3, -0.25) is 10.1 Å². The molecular formula is C21H15Cl2N3. The van der Waals surface area contributed by atoms with E-state index in [1.807, 2.05) is 48.6 Å². The topological polar surface area (TPSA) is 41.6 Å². The Morgan fingerprint density at radius 1 is 0.885 bits per heavy atom. The van der Waals surface area contributed by atoms with E-state index < -0.39 is 0 Å². The van der Waals surface area contributed by atoms with Gasteiger partial charge in [0.2, 0.25) is 0 Å². The van der Waals surface area contributed by atoms with Crippen LogP contribution in [-0.2, 0) is 6.42 Å². The summed E-state index contributed by atoms with van der Waals surface area (Å²) in [5.41, 5.74) is 5.03. The lowest BCUT2D eigenvalue weighted by Crippen LogP contribution is -1.88. The highest BCUT2D eigenvalue weighted by Gasteiger charge is 2.06. The van der Waals surface area contributed by atoms with Gasteiger partial charge in [0.1, 0.15) is 0 Å². The fraction of sp³-hybridized carbons (Fsp3) is 0.0476. The maximum atomic E-state index is 6.10. The summed E-state index contributed by atoms with van der Waals surface area (Å²) in [6.45, 7) is 0. The van der Waals surface area contributed by atoms with Crippen molar-refractivity contribution < 1.29 is 0 Å². The molecule has 4 aromatic rings. The first-order valence-electron chi connectivity index (χ1n) is 8.18. The second-order valence-corrected chi connectivity index (χ2v) is 6.90. The number of hydrogen-bond donors (Lipinski definition) is 1. The van der Waals surface area contributed by atoms with Crippen LogP contribution in [-0.4, -0.2) is 15.2 Å². The Kier molecular flexibility index (Phi) is 4.74. The van der Waals surface area contributed by atoms with Crippen LogP contribution in [0.1, 0.15) is 22.5 Å². The first-order chi connectivity index (χ1) is 12.7. The molecule has 5 heteroatoms. The van der Waals surface area contributed by atoms with Crippen molar-refractivity contribution in [3.63, 3.8) is 0 Å². The van der Waals surface area contributed by atoms with Crippen molar-refractivity contribution in [2.75, 3.05) is 0 Å². The molecule has 0 unspecified atom stereocenters. The Labute approximate surface area is 161 Å². The van der Waals surface area contributed by atoms with Gasteiger partial charge in [0.25, 0.3) is 0 Å². The van der Waals surface area contributed by atoms with E-state index in [0.29, 0.717) is 10.0 Å². The van der Waals surface area contributed by atoms with Crippen molar-refractivity contribution in [2.24, 2.45) is 0 Å². The van der Waals surface area contributed by atoms with Gasteiger partial charge in [-0.2, -0.15) is 5.10 Å². The highest BCUT2D eigenvalue weighted by molar-refractivity contribution is 6.34. The number of pyridine rings is 1. The van der Waals surface area contributed by atoms with E-state index in [9.17, 15) is 0 Å². The molecule has 2 aromatic carbocycles. The molecule has 0 aliphatic carbocycles. The maximum absolute atomic E-state index is 6.10. The average Bonchev–Trinajstić information content (AvgIpc) is 3.02. The van der Waals surface area contributed by atoms with Gasteiger partial charge in [0.15, 0.2) is 0 Å². The van der Waals surface area contributed by atoms with Crippen LogP contribution in [0.25, 0.3) is 23.1 Å². The summed E-state index contributed by atoms with van der Waals surface area (Å²) < 4.78 is 0. The van der Waals surface area contributed by atoms with Crippen LogP contribution in [0.5, 0.6) is 0 Å². The van der Waals surface area contributed by atoms with Gasteiger partial charge < -0.3 is 0 Å². The Morgan fingerprint density at radius 2 is 1.73 bits per heavy atom. The third-order valence-electron chi connectivity index (χ3n) is 4.09. The van der Waals surface area contributed by atoms with Gasteiger partial charge in [-0.1, -0.05) is 35.3 Å². The fourth-order valence-corrected chi connectivity index (χ4v) is 3.48. The standard InChI is InChI=1S/C21H15Cl2N3/c22-16-10-15(11-17(23)13-16)9-14-4-6-20-19(12-14)21(26-25-20)7-5-18-3-1-2-8-24-18/h1-8,10-13H,9H2,(H,25,26)/b7-5+. The predicted octanol–water partition coefficient (Wildman–Crippen LogP) is 6.03. The lowest BCUT2D eigenvalue weighted by atomic mass is 10.0. The van der Waals surface area contributed by atoms with Crippen LogP contribution >= 0.6 is 23.2 Å². The Balaban J connectivity index is 1.65. The summed E-state index contributed by atoms with van der Waals surface area (Å²) >= 11 is 12.2. The molecule has 0 bridgehead atoms. The van der Waals surface area contributed by atoms with E-state index in [0.717, 1.165) is 34.3 Å². The summed E-state index contributed by atoms with van der Waals surface area (Å²) in [5, 5.41) is 9.84. The van der Waals surface area contributed by atoms with Gasteiger partial charge in [-0.25, -0.2) is 0 Å². The number of benzene rings is 2. The van der Waals surface area contributed by atoms with E-state index in [2.05, 4.69) is 27.3 Å². The SMILES string of the molecule is Clc1cc(Cl)cc(Cc2ccc3[nH]nc(/C=C/c4ccccn4)c3c2)c1. The van der Waals surface area contributed by atoms with E-state index >= 15 is 0 Å². The minimum absolute atomic E-state index is 0.649. The van der Waals surface area contributed by atoms with Gasteiger partial charge >= 0.3 is 0 Å². The highest BCUT2D eigenvalue weighted by Crippen LogP contribution is 2.24. The summed E-state index contributed by atoms with van der Waals surface area (Å²) in [6, 6.07) is 17.7. The molecule has 0 amide bonds. The summed E-state index contributed by atoms with van der Waals surface area (Å²) in [7, 11) is 0. The minimum atomic E-state index is 0.649. The zero-order valence-corrected chi connectivity index (χ0v) is 15.3. The zero-order valence-electron chi connectivity index (χ0n) is 13.8. The fourth-order valence-electron chi connectivity index (χ4n) is 2.91. The highest BCUT2D eigenvalue weighted by atomic mass is 35.5. The number of hydrogen-bond acceptors (Lipinski definition) is 2. The van der Waals surface area contributed by atoms with Crippen molar-refractivity contribution in [1.29, 1.82) is 0 Å². The van der Waals surface area contributed by atoms with E-state index in [4.69, 9.17) is 23.2 Å². The third kappa shape index (κ3) is 3.79. The summed E-state index contributed by atoms with van der Waals surface area (Å²) in [4.78, 5) is 4.30. The van der Waals surface area contributed by atoms with Crippen molar-refractivity contribution in [2.45, 2.75) is 6.42 Å². The van der Waals surface area contributed by atoms with E-state index in [1.165, 1.54) is 5.56 Å². The molecule has 4 rings (SSSR count). The number of nitrogens with zero attached hydrogens (tertiary/aromatic N) is 2. The molecule has 26 heavy (non-hydrogen) atoms. The second-order valence-electron chi connectivity index (χ2n) is 6.03. The molecule has 0 atom stereocenters. The molecule has 0 fully saturated rings. The molecule has 0 aliphatic heterocycles. The number of rotatable bonds is 4. The number of nitrogens with one attached hydrogen (secondary N) is 1. The molecule has 3 nitrogen and oxygen atoms in total. The van der Waals surface area contributed by atoms with Crippen LogP contribution in [0.4, 0.5) is 0 Å². The van der Waals surface area contributed by atoms with Gasteiger partial charge in [-0.15, -0.1) is 0 Å². The average molecular weight is 380 g/mol. The lowest BCUT2D eigenvalue weighted by Gasteiger charge is -2.04. The molecule has 2 heterocycles. The first-order valence-corrected chi connectivity index (χ1v) is 8.94. The molecule has 0 saturated heterocycles. The number of H-pyrrole nitrogens is 1. The van der Waals surface area contributed by atoms with Gasteiger partial charge in [-0.05, 0) is 72.2 Å². The van der Waals surface area contributed by atoms with E-state index in [-0.39, 0.29) is 0 Å². The van der Waals surface area contributed by atoms with E-state index in [1.54, 1.807) is 12.3 Å². The quantitative estimate of drug-likeness (QED) is 0.470. The summed E-state index contributed by atoms with van der Waals surface area (Å²) in [5.74, 6) is 0. The third-order valence-corrected chi connectivity index (χ3v) is 4.52. The normalized spacial score (nSPS) is 11.5. The number of halogens is 2.